The molecule has 1 N–H and O–H groups in total. The molecule has 0 amide bonds. The Kier molecular flexibility index (Phi) is 3.10. The van der Waals surface area contributed by atoms with Gasteiger partial charge in [0.05, 0.1) is 16.8 Å². The molecule has 0 aliphatic rings. The molecule has 0 aliphatic heterocycles. The molecule has 3 nitrogen and oxygen atoms in total. The second-order valence-electron chi connectivity index (χ2n) is 4.53. The molecular weight excluding hydrogens is 276 g/mol. The summed E-state index contributed by atoms with van der Waals surface area (Å²) < 4.78 is 27.0. The topological polar surface area (TPSA) is 50.2 Å². The maximum absolute atomic E-state index is 13.8. The number of rotatable bonds is 2. The van der Waals surface area contributed by atoms with E-state index in [2.05, 4.69) is 4.98 Å². The number of carboxylic acid groups (broad SMARTS) is 1. The Morgan fingerprint density at radius 3 is 2.52 bits per heavy atom. The molecule has 0 saturated heterocycles. The molecule has 3 aromatic rings. The monoisotopic (exact) mass is 285 g/mol. The van der Waals surface area contributed by atoms with Crippen molar-refractivity contribution < 1.29 is 18.7 Å². The maximum Gasteiger partial charge on any atom is 0.335 e. The van der Waals surface area contributed by atoms with Gasteiger partial charge >= 0.3 is 5.97 Å². The molecule has 0 fully saturated rings. The van der Waals surface area contributed by atoms with Crippen LogP contribution in [0.4, 0.5) is 8.78 Å². The summed E-state index contributed by atoms with van der Waals surface area (Å²) in [6, 6.07) is 10.9. The number of fused-ring (bicyclic) bond motifs is 1. The van der Waals surface area contributed by atoms with E-state index in [0.29, 0.717) is 5.52 Å². The van der Waals surface area contributed by atoms with Crippen LogP contribution in [0.2, 0.25) is 0 Å². The van der Waals surface area contributed by atoms with Crippen molar-refractivity contribution in [3.8, 4) is 11.3 Å². The van der Waals surface area contributed by atoms with E-state index < -0.39 is 17.6 Å². The molecular formula is C16H9F2NO2. The van der Waals surface area contributed by atoms with Gasteiger partial charge in [0.2, 0.25) is 0 Å². The Bertz CT molecular complexity index is 862. The van der Waals surface area contributed by atoms with Gasteiger partial charge in [-0.3, -0.25) is 0 Å². The lowest BCUT2D eigenvalue weighted by molar-refractivity contribution is 0.0697. The highest BCUT2D eigenvalue weighted by Gasteiger charge is 2.10. The molecule has 1 heterocycles. The van der Waals surface area contributed by atoms with Crippen LogP contribution in [0.25, 0.3) is 22.2 Å². The van der Waals surface area contributed by atoms with Crippen LogP contribution < -0.4 is 0 Å². The minimum Gasteiger partial charge on any atom is -0.478 e. The van der Waals surface area contributed by atoms with Crippen molar-refractivity contribution in [3.63, 3.8) is 0 Å². The van der Waals surface area contributed by atoms with Crippen LogP contribution in [0.1, 0.15) is 10.4 Å². The first kappa shape index (κ1) is 13.2. The Morgan fingerprint density at radius 1 is 1.00 bits per heavy atom. The number of benzene rings is 2. The summed E-state index contributed by atoms with van der Waals surface area (Å²) in [4.78, 5) is 15.2. The van der Waals surface area contributed by atoms with Gasteiger partial charge < -0.3 is 5.11 Å². The molecule has 0 spiro atoms. The number of nitrogens with zero attached hydrogens (tertiary/aromatic N) is 1. The highest BCUT2D eigenvalue weighted by atomic mass is 19.1. The molecule has 5 heteroatoms. The normalized spacial score (nSPS) is 10.8. The quantitative estimate of drug-likeness (QED) is 0.777. The minimum absolute atomic E-state index is 0.0395. The van der Waals surface area contributed by atoms with Crippen LogP contribution in [0.3, 0.4) is 0 Å². The summed E-state index contributed by atoms with van der Waals surface area (Å²) in [6.07, 6.45) is 0. The van der Waals surface area contributed by atoms with Crippen LogP contribution in [-0.4, -0.2) is 16.1 Å². The summed E-state index contributed by atoms with van der Waals surface area (Å²) in [7, 11) is 0. The number of aromatic carboxylic acids is 1. The van der Waals surface area contributed by atoms with Gasteiger partial charge in [-0.15, -0.1) is 0 Å². The van der Waals surface area contributed by atoms with E-state index in [4.69, 9.17) is 5.11 Å². The third-order valence-corrected chi connectivity index (χ3v) is 3.14. The van der Waals surface area contributed by atoms with Crippen molar-refractivity contribution in [3.05, 3.63) is 65.7 Å². The predicted molar refractivity (Wildman–Crippen MR) is 74.1 cm³/mol. The number of hydrogen-bond acceptors (Lipinski definition) is 2. The second-order valence-corrected chi connectivity index (χ2v) is 4.53. The van der Waals surface area contributed by atoms with Crippen LogP contribution in [0.15, 0.2) is 48.5 Å². The van der Waals surface area contributed by atoms with Crippen LogP contribution in [0, 0.1) is 11.6 Å². The SMILES string of the molecule is O=C(O)c1ccc2ccc(-c3cc(F)ccc3F)nc2c1. The van der Waals surface area contributed by atoms with E-state index >= 15 is 0 Å². The van der Waals surface area contributed by atoms with Gasteiger partial charge in [-0.2, -0.15) is 0 Å². The molecule has 0 atom stereocenters. The molecule has 0 unspecified atom stereocenters. The van der Waals surface area contributed by atoms with E-state index in [1.165, 1.54) is 12.1 Å². The fraction of sp³-hybridized carbons (Fsp3) is 0. The van der Waals surface area contributed by atoms with E-state index in [1.807, 2.05) is 0 Å². The van der Waals surface area contributed by atoms with E-state index in [1.54, 1.807) is 18.2 Å². The number of carbonyl (C=O) groups is 1. The van der Waals surface area contributed by atoms with Gasteiger partial charge in [0.1, 0.15) is 11.6 Å². The Balaban J connectivity index is 2.19. The fourth-order valence-electron chi connectivity index (χ4n) is 2.09. The Labute approximate surface area is 118 Å². The van der Waals surface area contributed by atoms with E-state index in [9.17, 15) is 13.6 Å². The van der Waals surface area contributed by atoms with Crippen LogP contribution >= 0.6 is 0 Å². The number of hydrogen-bond donors (Lipinski definition) is 1. The van der Waals surface area contributed by atoms with Crippen molar-refractivity contribution >= 4 is 16.9 Å². The number of carboxylic acids is 1. The van der Waals surface area contributed by atoms with Gasteiger partial charge in [-0.25, -0.2) is 18.6 Å². The van der Waals surface area contributed by atoms with Gasteiger partial charge in [-0.05, 0) is 36.4 Å². The van der Waals surface area contributed by atoms with Crippen LogP contribution in [-0.2, 0) is 0 Å². The summed E-state index contributed by atoms with van der Waals surface area (Å²) in [5.41, 5.74) is 0.794. The molecule has 0 aliphatic carbocycles. The standard InChI is InChI=1S/C16H9F2NO2/c17-11-4-5-13(18)12(8-11)14-6-3-9-1-2-10(16(20)21)7-15(9)19-14/h1-8H,(H,20,21). The summed E-state index contributed by atoms with van der Waals surface area (Å²) in [5.74, 6) is -2.22. The lowest BCUT2D eigenvalue weighted by Gasteiger charge is -2.05. The van der Waals surface area contributed by atoms with Crippen molar-refractivity contribution in [2.45, 2.75) is 0 Å². The molecule has 0 bridgehead atoms. The average Bonchev–Trinajstić information content (AvgIpc) is 2.48. The first-order valence-electron chi connectivity index (χ1n) is 6.14. The molecule has 0 saturated carbocycles. The second kappa shape index (κ2) is 4.94. The largest absolute Gasteiger partial charge is 0.478 e. The van der Waals surface area contributed by atoms with Crippen LogP contribution in [0.5, 0.6) is 0 Å². The number of halogens is 2. The molecule has 1 aromatic heterocycles. The lowest BCUT2D eigenvalue weighted by atomic mass is 10.1. The summed E-state index contributed by atoms with van der Waals surface area (Å²) in [6.45, 7) is 0. The maximum atomic E-state index is 13.8. The zero-order chi connectivity index (χ0) is 15.0. The van der Waals surface area contributed by atoms with Crippen molar-refractivity contribution in [2.75, 3.05) is 0 Å². The fourth-order valence-corrected chi connectivity index (χ4v) is 2.09. The Hall–Kier alpha value is -2.82. The van der Waals surface area contributed by atoms with E-state index in [0.717, 1.165) is 23.6 Å². The third-order valence-electron chi connectivity index (χ3n) is 3.14. The molecule has 3 rings (SSSR count). The zero-order valence-electron chi connectivity index (χ0n) is 10.7. The Morgan fingerprint density at radius 2 is 1.76 bits per heavy atom. The van der Waals surface area contributed by atoms with Crippen molar-refractivity contribution in [1.29, 1.82) is 0 Å². The smallest absolute Gasteiger partial charge is 0.335 e. The van der Waals surface area contributed by atoms with Gasteiger partial charge in [0.25, 0.3) is 0 Å². The third kappa shape index (κ3) is 2.45. The molecule has 21 heavy (non-hydrogen) atoms. The molecule has 104 valence electrons. The number of aromatic nitrogens is 1. The lowest BCUT2D eigenvalue weighted by Crippen LogP contribution is -1.96. The number of pyridine rings is 1. The average molecular weight is 285 g/mol. The first-order valence-corrected chi connectivity index (χ1v) is 6.14. The highest BCUT2D eigenvalue weighted by Crippen LogP contribution is 2.25. The van der Waals surface area contributed by atoms with Gasteiger partial charge in [0.15, 0.2) is 0 Å². The minimum atomic E-state index is -1.07. The molecule has 2 aromatic carbocycles. The van der Waals surface area contributed by atoms with Crippen molar-refractivity contribution in [1.82, 2.24) is 4.98 Å². The zero-order valence-corrected chi connectivity index (χ0v) is 10.7. The van der Waals surface area contributed by atoms with E-state index in [-0.39, 0.29) is 16.8 Å². The van der Waals surface area contributed by atoms with Crippen molar-refractivity contribution in [2.24, 2.45) is 0 Å². The van der Waals surface area contributed by atoms with Gasteiger partial charge in [-0.1, -0.05) is 12.1 Å². The predicted octanol–water partition coefficient (Wildman–Crippen LogP) is 3.88. The summed E-state index contributed by atoms with van der Waals surface area (Å²) >= 11 is 0. The van der Waals surface area contributed by atoms with Gasteiger partial charge in [0, 0.05) is 10.9 Å². The molecule has 0 radical (unpaired) electrons. The summed E-state index contributed by atoms with van der Waals surface area (Å²) in [5, 5.41) is 9.70. The highest BCUT2D eigenvalue weighted by molar-refractivity contribution is 5.93. The first-order chi connectivity index (χ1) is 10.0.